The molecule has 7 heteroatoms. The highest BCUT2D eigenvalue weighted by atomic mass is 32.2. The van der Waals surface area contributed by atoms with E-state index in [2.05, 4.69) is 57.0 Å². The van der Waals surface area contributed by atoms with Crippen molar-refractivity contribution in [2.24, 2.45) is 0 Å². The zero-order valence-electron chi connectivity index (χ0n) is 13.2. The summed E-state index contributed by atoms with van der Waals surface area (Å²) >= 11 is 3.31. The van der Waals surface area contributed by atoms with Gasteiger partial charge in [0.15, 0.2) is 5.65 Å². The van der Waals surface area contributed by atoms with Crippen LogP contribution in [0.2, 0.25) is 0 Å². The standard InChI is InChI=1S/C17H15N5S2/c1-11-18-10-16(24-11)20-17-19-15-8-4-7-14(22(15)21-17)12-5-3-6-13(9-12)23-2/h3-10H,1-2H3,(H,20,21). The second-order valence-corrected chi connectivity index (χ2v) is 7.33. The Kier molecular flexibility index (Phi) is 3.95. The maximum absolute atomic E-state index is 4.62. The SMILES string of the molecule is CSc1cccc(-c2cccc3nc(Nc4cnc(C)s4)nn23)c1. The fraction of sp³-hybridized carbons (Fsp3) is 0.118. The molecule has 0 unspecified atom stereocenters. The van der Waals surface area contributed by atoms with Gasteiger partial charge in [0.05, 0.1) is 16.9 Å². The maximum Gasteiger partial charge on any atom is 0.248 e. The van der Waals surface area contributed by atoms with Crippen molar-refractivity contribution in [1.82, 2.24) is 19.6 Å². The predicted molar refractivity (Wildman–Crippen MR) is 100 cm³/mol. The zero-order valence-corrected chi connectivity index (χ0v) is 14.9. The molecule has 5 nitrogen and oxygen atoms in total. The highest BCUT2D eigenvalue weighted by Crippen LogP contribution is 2.26. The van der Waals surface area contributed by atoms with Gasteiger partial charge < -0.3 is 5.32 Å². The summed E-state index contributed by atoms with van der Waals surface area (Å²) in [5, 5.41) is 9.79. The second-order valence-electron chi connectivity index (χ2n) is 5.22. The number of hydrogen-bond donors (Lipinski definition) is 1. The molecule has 3 aromatic heterocycles. The number of anilines is 2. The van der Waals surface area contributed by atoms with Gasteiger partial charge in [0.1, 0.15) is 5.00 Å². The molecule has 0 spiro atoms. The van der Waals surface area contributed by atoms with E-state index in [-0.39, 0.29) is 0 Å². The molecule has 4 aromatic rings. The van der Waals surface area contributed by atoms with Crippen LogP contribution < -0.4 is 5.32 Å². The van der Waals surface area contributed by atoms with E-state index in [1.807, 2.05) is 23.6 Å². The monoisotopic (exact) mass is 353 g/mol. The molecular weight excluding hydrogens is 338 g/mol. The van der Waals surface area contributed by atoms with Gasteiger partial charge in [0, 0.05) is 10.5 Å². The van der Waals surface area contributed by atoms with Gasteiger partial charge >= 0.3 is 0 Å². The number of fused-ring (bicyclic) bond motifs is 1. The van der Waals surface area contributed by atoms with Gasteiger partial charge in [-0.1, -0.05) is 18.2 Å². The molecule has 0 aliphatic heterocycles. The number of nitrogens with zero attached hydrogens (tertiary/aromatic N) is 4. The molecule has 0 fully saturated rings. The average Bonchev–Trinajstić information content (AvgIpc) is 3.20. The summed E-state index contributed by atoms with van der Waals surface area (Å²) in [7, 11) is 0. The zero-order chi connectivity index (χ0) is 16.5. The number of pyridine rings is 1. The summed E-state index contributed by atoms with van der Waals surface area (Å²) in [5.74, 6) is 0.576. The molecule has 0 aliphatic carbocycles. The Hall–Kier alpha value is -2.38. The Morgan fingerprint density at radius 1 is 1.17 bits per heavy atom. The van der Waals surface area contributed by atoms with Crippen LogP contribution in [0.3, 0.4) is 0 Å². The number of rotatable bonds is 4. The van der Waals surface area contributed by atoms with Crippen LogP contribution in [-0.2, 0) is 0 Å². The molecule has 3 heterocycles. The smallest absolute Gasteiger partial charge is 0.248 e. The Bertz CT molecular complexity index is 1010. The van der Waals surface area contributed by atoms with Crippen molar-refractivity contribution in [3.63, 3.8) is 0 Å². The molecule has 0 saturated heterocycles. The third-order valence-corrected chi connectivity index (χ3v) is 5.14. The van der Waals surface area contributed by atoms with Gasteiger partial charge in [-0.3, -0.25) is 0 Å². The maximum atomic E-state index is 4.62. The summed E-state index contributed by atoms with van der Waals surface area (Å²) in [4.78, 5) is 10.0. The molecule has 0 amide bonds. The first-order valence-corrected chi connectivity index (χ1v) is 9.47. The van der Waals surface area contributed by atoms with E-state index < -0.39 is 0 Å². The number of aryl methyl sites for hydroxylation is 1. The molecule has 120 valence electrons. The van der Waals surface area contributed by atoms with Crippen LogP contribution in [0, 0.1) is 6.92 Å². The third kappa shape index (κ3) is 2.88. The van der Waals surface area contributed by atoms with E-state index in [1.165, 1.54) is 4.90 Å². The molecule has 0 aliphatic rings. The van der Waals surface area contributed by atoms with Crippen LogP contribution in [-0.4, -0.2) is 25.8 Å². The van der Waals surface area contributed by atoms with Crippen molar-refractivity contribution >= 4 is 39.7 Å². The fourth-order valence-electron chi connectivity index (χ4n) is 2.49. The normalized spacial score (nSPS) is 11.1. The number of thioether (sulfide) groups is 1. The molecule has 4 rings (SSSR count). The molecule has 1 aromatic carbocycles. The number of thiazole rings is 1. The molecule has 0 saturated carbocycles. The second kappa shape index (κ2) is 6.26. The lowest BCUT2D eigenvalue weighted by atomic mass is 10.1. The molecule has 0 radical (unpaired) electrons. The minimum atomic E-state index is 0.576. The van der Waals surface area contributed by atoms with Crippen LogP contribution in [0.4, 0.5) is 10.9 Å². The lowest BCUT2D eigenvalue weighted by Gasteiger charge is -2.05. The van der Waals surface area contributed by atoms with Crippen molar-refractivity contribution in [3.05, 3.63) is 53.7 Å². The van der Waals surface area contributed by atoms with E-state index in [4.69, 9.17) is 0 Å². The summed E-state index contributed by atoms with van der Waals surface area (Å²) in [6.45, 7) is 1.98. The van der Waals surface area contributed by atoms with Gasteiger partial charge in [-0.25, -0.2) is 9.50 Å². The van der Waals surface area contributed by atoms with Crippen molar-refractivity contribution in [3.8, 4) is 11.3 Å². The number of benzene rings is 1. The molecule has 0 bridgehead atoms. The van der Waals surface area contributed by atoms with Crippen LogP contribution in [0.15, 0.2) is 53.6 Å². The van der Waals surface area contributed by atoms with Crippen LogP contribution in [0.5, 0.6) is 0 Å². The Morgan fingerprint density at radius 3 is 2.83 bits per heavy atom. The van der Waals surface area contributed by atoms with Gasteiger partial charge in [-0.2, -0.15) is 4.98 Å². The first-order valence-electron chi connectivity index (χ1n) is 7.42. The summed E-state index contributed by atoms with van der Waals surface area (Å²) in [6.07, 6.45) is 3.88. The topological polar surface area (TPSA) is 55.1 Å². The quantitative estimate of drug-likeness (QED) is 0.542. The van der Waals surface area contributed by atoms with E-state index in [9.17, 15) is 0 Å². The van der Waals surface area contributed by atoms with Crippen LogP contribution >= 0.6 is 23.1 Å². The van der Waals surface area contributed by atoms with E-state index >= 15 is 0 Å². The van der Waals surface area contributed by atoms with Gasteiger partial charge in [-0.15, -0.1) is 28.2 Å². The first-order chi connectivity index (χ1) is 11.7. The molecular formula is C17H15N5S2. The van der Waals surface area contributed by atoms with E-state index in [0.717, 1.165) is 26.9 Å². The average molecular weight is 353 g/mol. The predicted octanol–water partition coefficient (Wildman–Crippen LogP) is 4.63. The Balaban J connectivity index is 1.76. The summed E-state index contributed by atoms with van der Waals surface area (Å²) in [6, 6.07) is 14.5. The number of nitrogens with one attached hydrogen (secondary N) is 1. The highest BCUT2D eigenvalue weighted by molar-refractivity contribution is 7.98. The largest absolute Gasteiger partial charge is 0.313 e. The Labute approximate surface area is 147 Å². The van der Waals surface area contributed by atoms with Gasteiger partial charge in [-0.05, 0) is 37.4 Å². The minimum Gasteiger partial charge on any atom is -0.313 e. The number of aromatic nitrogens is 4. The van der Waals surface area contributed by atoms with Crippen molar-refractivity contribution in [2.45, 2.75) is 11.8 Å². The third-order valence-electron chi connectivity index (χ3n) is 3.58. The van der Waals surface area contributed by atoms with Crippen LogP contribution in [0.1, 0.15) is 5.01 Å². The van der Waals surface area contributed by atoms with E-state index in [0.29, 0.717) is 5.95 Å². The van der Waals surface area contributed by atoms with E-state index in [1.54, 1.807) is 29.3 Å². The van der Waals surface area contributed by atoms with Crippen LogP contribution in [0.25, 0.3) is 16.9 Å². The van der Waals surface area contributed by atoms with Gasteiger partial charge in [0.25, 0.3) is 0 Å². The highest BCUT2D eigenvalue weighted by Gasteiger charge is 2.10. The first kappa shape index (κ1) is 15.2. The number of hydrogen-bond acceptors (Lipinski definition) is 6. The molecule has 24 heavy (non-hydrogen) atoms. The minimum absolute atomic E-state index is 0.576. The Morgan fingerprint density at radius 2 is 2.04 bits per heavy atom. The van der Waals surface area contributed by atoms with Crippen molar-refractivity contribution in [2.75, 3.05) is 11.6 Å². The summed E-state index contributed by atoms with van der Waals surface area (Å²) in [5.41, 5.74) is 2.95. The lowest BCUT2D eigenvalue weighted by Crippen LogP contribution is -1.95. The van der Waals surface area contributed by atoms with Gasteiger partial charge in [0.2, 0.25) is 5.95 Å². The van der Waals surface area contributed by atoms with Crippen molar-refractivity contribution in [1.29, 1.82) is 0 Å². The van der Waals surface area contributed by atoms with Crippen molar-refractivity contribution < 1.29 is 0 Å². The fourth-order valence-corrected chi connectivity index (χ4v) is 3.62. The summed E-state index contributed by atoms with van der Waals surface area (Å²) < 4.78 is 1.87. The lowest BCUT2D eigenvalue weighted by molar-refractivity contribution is 0.973. The molecule has 0 atom stereocenters. The molecule has 1 N–H and O–H groups in total.